The highest BCUT2D eigenvalue weighted by Crippen LogP contribution is 2.28. The molecule has 1 N–H and O–H groups in total. The third-order valence-electron chi connectivity index (χ3n) is 3.56. The number of benzene rings is 1. The second kappa shape index (κ2) is 5.63. The number of aromatic nitrogens is 2. The van der Waals surface area contributed by atoms with E-state index in [1.54, 1.807) is 19.2 Å². The van der Waals surface area contributed by atoms with E-state index in [4.69, 9.17) is 4.74 Å². The Balaban J connectivity index is 2.07. The van der Waals surface area contributed by atoms with Gasteiger partial charge in [0.25, 0.3) is 0 Å². The first-order chi connectivity index (χ1) is 9.79. The zero-order valence-electron chi connectivity index (χ0n) is 11.5. The van der Waals surface area contributed by atoms with Crippen LogP contribution < -0.4 is 5.32 Å². The lowest BCUT2D eigenvalue weighted by Crippen LogP contribution is -2.07. The van der Waals surface area contributed by atoms with Crippen molar-refractivity contribution >= 4 is 5.82 Å². The number of fused-ring (bicyclic) bond motifs is 1. The molecule has 0 spiro atoms. The number of hydrogen-bond donors (Lipinski definition) is 1. The van der Waals surface area contributed by atoms with Crippen molar-refractivity contribution in [3.8, 4) is 5.69 Å². The number of hydrogen-bond acceptors (Lipinski definition) is 3. The Morgan fingerprint density at radius 1 is 1.30 bits per heavy atom. The monoisotopic (exact) mass is 275 g/mol. The molecule has 1 aromatic heterocycles. The molecule has 2 heterocycles. The summed E-state index contributed by atoms with van der Waals surface area (Å²) in [5.41, 5.74) is 3.04. The highest BCUT2D eigenvalue weighted by molar-refractivity contribution is 5.54. The summed E-state index contributed by atoms with van der Waals surface area (Å²) in [5, 5.41) is 8.07. The predicted molar refractivity (Wildman–Crippen MR) is 75.7 cm³/mol. The molecule has 0 amide bonds. The van der Waals surface area contributed by atoms with Gasteiger partial charge in [0, 0.05) is 19.2 Å². The first-order valence-corrected chi connectivity index (χ1v) is 6.89. The van der Waals surface area contributed by atoms with E-state index in [0.717, 1.165) is 43.0 Å². The van der Waals surface area contributed by atoms with Gasteiger partial charge in [-0.05, 0) is 43.5 Å². The largest absolute Gasteiger partial charge is 0.378 e. The van der Waals surface area contributed by atoms with Crippen molar-refractivity contribution in [2.75, 3.05) is 19.0 Å². The van der Waals surface area contributed by atoms with Crippen LogP contribution in [0.3, 0.4) is 0 Å². The summed E-state index contributed by atoms with van der Waals surface area (Å²) >= 11 is 0. The van der Waals surface area contributed by atoms with Crippen LogP contribution in [-0.4, -0.2) is 23.4 Å². The average molecular weight is 275 g/mol. The highest BCUT2D eigenvalue weighted by Gasteiger charge is 2.20. The molecule has 0 saturated heterocycles. The van der Waals surface area contributed by atoms with Gasteiger partial charge in [-0.1, -0.05) is 0 Å². The summed E-state index contributed by atoms with van der Waals surface area (Å²) < 4.78 is 20.2. The molecule has 1 aliphatic rings. The third-order valence-corrected chi connectivity index (χ3v) is 3.56. The van der Waals surface area contributed by atoms with Crippen LogP contribution in [0.4, 0.5) is 10.2 Å². The van der Waals surface area contributed by atoms with E-state index in [1.807, 2.05) is 4.68 Å². The fourth-order valence-electron chi connectivity index (χ4n) is 2.60. The maximum atomic E-state index is 13.1. The van der Waals surface area contributed by atoms with E-state index in [0.29, 0.717) is 6.61 Å². The quantitative estimate of drug-likeness (QED) is 0.936. The van der Waals surface area contributed by atoms with Crippen molar-refractivity contribution in [1.82, 2.24) is 9.78 Å². The first-order valence-electron chi connectivity index (χ1n) is 6.89. The van der Waals surface area contributed by atoms with Crippen molar-refractivity contribution in [1.29, 1.82) is 0 Å². The number of rotatable bonds is 3. The number of nitrogens with zero attached hydrogens (tertiary/aromatic N) is 2. The smallest absolute Gasteiger partial charge is 0.133 e. The standard InChI is InChI=1S/C15H18FN3O/c1-20-10-14-13-4-2-3-9-17-15(13)19(18-14)12-7-5-11(16)6-8-12/h5-8,17H,2-4,9-10H2,1H3. The topological polar surface area (TPSA) is 39.1 Å². The summed E-state index contributed by atoms with van der Waals surface area (Å²) in [6, 6.07) is 6.39. The molecule has 0 aliphatic carbocycles. The lowest BCUT2D eigenvalue weighted by molar-refractivity contribution is 0.180. The lowest BCUT2D eigenvalue weighted by atomic mass is 10.1. The number of anilines is 1. The minimum atomic E-state index is -0.239. The third kappa shape index (κ3) is 2.41. The fraction of sp³-hybridized carbons (Fsp3) is 0.400. The molecule has 0 bridgehead atoms. The molecular formula is C15H18FN3O. The van der Waals surface area contributed by atoms with Gasteiger partial charge in [-0.15, -0.1) is 0 Å². The minimum Gasteiger partial charge on any atom is -0.378 e. The van der Waals surface area contributed by atoms with Gasteiger partial charge in [-0.2, -0.15) is 5.10 Å². The summed E-state index contributed by atoms with van der Waals surface area (Å²) in [5.74, 6) is 0.776. The van der Waals surface area contributed by atoms with Crippen LogP contribution in [-0.2, 0) is 17.8 Å². The Kier molecular flexibility index (Phi) is 3.69. The molecule has 0 radical (unpaired) electrons. The van der Waals surface area contributed by atoms with Crippen LogP contribution in [0.15, 0.2) is 24.3 Å². The minimum absolute atomic E-state index is 0.239. The maximum Gasteiger partial charge on any atom is 0.133 e. The molecule has 0 saturated carbocycles. The predicted octanol–water partition coefficient (Wildman–Crippen LogP) is 2.91. The van der Waals surface area contributed by atoms with Crippen LogP contribution in [0.1, 0.15) is 24.1 Å². The van der Waals surface area contributed by atoms with Crippen LogP contribution in [0.25, 0.3) is 5.69 Å². The molecule has 5 heteroatoms. The molecule has 106 valence electrons. The van der Waals surface area contributed by atoms with E-state index in [2.05, 4.69) is 10.4 Å². The molecule has 4 nitrogen and oxygen atoms in total. The Morgan fingerprint density at radius 2 is 2.10 bits per heavy atom. The average Bonchev–Trinajstić information content (AvgIpc) is 2.64. The van der Waals surface area contributed by atoms with Crippen molar-refractivity contribution in [2.24, 2.45) is 0 Å². The molecule has 0 atom stereocenters. The van der Waals surface area contributed by atoms with Crippen molar-refractivity contribution < 1.29 is 9.13 Å². The van der Waals surface area contributed by atoms with Gasteiger partial charge >= 0.3 is 0 Å². The summed E-state index contributed by atoms with van der Waals surface area (Å²) in [6.07, 6.45) is 3.29. The number of halogens is 1. The van der Waals surface area contributed by atoms with Crippen molar-refractivity contribution in [3.63, 3.8) is 0 Å². The molecule has 0 fully saturated rings. The Morgan fingerprint density at radius 3 is 2.85 bits per heavy atom. The van der Waals surface area contributed by atoms with Gasteiger partial charge in [0.2, 0.25) is 0 Å². The molecule has 1 aliphatic heterocycles. The van der Waals surface area contributed by atoms with Crippen LogP contribution in [0.5, 0.6) is 0 Å². The van der Waals surface area contributed by atoms with Crippen LogP contribution >= 0.6 is 0 Å². The molecule has 0 unspecified atom stereocenters. The molecule has 2 aromatic rings. The lowest BCUT2D eigenvalue weighted by Gasteiger charge is -2.09. The fourth-order valence-corrected chi connectivity index (χ4v) is 2.60. The van der Waals surface area contributed by atoms with Gasteiger partial charge in [0.15, 0.2) is 0 Å². The van der Waals surface area contributed by atoms with Gasteiger partial charge in [-0.3, -0.25) is 0 Å². The SMILES string of the molecule is COCc1nn(-c2ccc(F)cc2)c2c1CCCCN2. The zero-order chi connectivity index (χ0) is 13.9. The Labute approximate surface area is 117 Å². The van der Waals surface area contributed by atoms with Gasteiger partial charge < -0.3 is 10.1 Å². The Bertz CT molecular complexity index is 592. The second-order valence-corrected chi connectivity index (χ2v) is 4.98. The van der Waals surface area contributed by atoms with E-state index < -0.39 is 0 Å². The highest BCUT2D eigenvalue weighted by atomic mass is 19.1. The maximum absolute atomic E-state index is 13.1. The molecule has 1 aromatic carbocycles. The van der Waals surface area contributed by atoms with Crippen LogP contribution in [0.2, 0.25) is 0 Å². The van der Waals surface area contributed by atoms with E-state index in [9.17, 15) is 4.39 Å². The van der Waals surface area contributed by atoms with Gasteiger partial charge in [0.05, 0.1) is 18.0 Å². The first kappa shape index (κ1) is 13.1. The number of methoxy groups -OCH3 is 1. The molecular weight excluding hydrogens is 257 g/mol. The molecule has 20 heavy (non-hydrogen) atoms. The molecule has 3 rings (SSSR count). The normalized spacial score (nSPS) is 14.5. The van der Waals surface area contributed by atoms with E-state index in [-0.39, 0.29) is 5.82 Å². The van der Waals surface area contributed by atoms with Crippen LogP contribution in [0, 0.1) is 5.82 Å². The van der Waals surface area contributed by atoms with Gasteiger partial charge in [0.1, 0.15) is 11.6 Å². The second-order valence-electron chi connectivity index (χ2n) is 4.98. The number of ether oxygens (including phenoxy) is 1. The summed E-state index contributed by atoms with van der Waals surface area (Å²) in [4.78, 5) is 0. The van der Waals surface area contributed by atoms with Crippen molar-refractivity contribution in [2.45, 2.75) is 25.9 Å². The number of nitrogens with one attached hydrogen (secondary N) is 1. The zero-order valence-corrected chi connectivity index (χ0v) is 11.5. The van der Waals surface area contributed by atoms with Crippen molar-refractivity contribution in [3.05, 3.63) is 41.3 Å². The summed E-state index contributed by atoms with van der Waals surface area (Å²) in [6.45, 7) is 1.44. The Hall–Kier alpha value is -1.88. The summed E-state index contributed by atoms with van der Waals surface area (Å²) in [7, 11) is 1.67. The van der Waals surface area contributed by atoms with E-state index >= 15 is 0 Å². The van der Waals surface area contributed by atoms with E-state index in [1.165, 1.54) is 17.7 Å². The van der Waals surface area contributed by atoms with Gasteiger partial charge in [-0.25, -0.2) is 9.07 Å².